The average Bonchev–Trinajstić information content (AvgIpc) is 2.99. The summed E-state index contributed by atoms with van der Waals surface area (Å²) < 4.78 is 44.5. The van der Waals surface area contributed by atoms with Crippen molar-refractivity contribution in [3.63, 3.8) is 0 Å². The van der Waals surface area contributed by atoms with E-state index in [-0.39, 0.29) is 16.5 Å². The molecule has 0 atom stereocenters. The predicted molar refractivity (Wildman–Crippen MR) is 111 cm³/mol. The van der Waals surface area contributed by atoms with Crippen molar-refractivity contribution >= 4 is 32.9 Å². The lowest BCUT2D eigenvalue weighted by Crippen LogP contribution is -2.09. The first-order valence-corrected chi connectivity index (χ1v) is 9.97. The first-order valence-electron chi connectivity index (χ1n) is 9.18. The van der Waals surface area contributed by atoms with Gasteiger partial charge in [0.1, 0.15) is 28.7 Å². The van der Waals surface area contributed by atoms with Crippen LogP contribution in [0.5, 0.6) is 5.75 Å². The number of carbonyl (C=O) groups excluding carboxylic acids is 1. The summed E-state index contributed by atoms with van der Waals surface area (Å²) in [5.41, 5.74) is 1.64. The smallest absolute Gasteiger partial charge is 0.338 e. The number of imidazole rings is 1. The molecule has 30 heavy (non-hydrogen) atoms. The molecule has 9 heteroatoms. The van der Waals surface area contributed by atoms with Crippen LogP contribution in [-0.4, -0.2) is 43.0 Å². The average molecular weight is 483 g/mol. The minimum absolute atomic E-state index is 0.0631. The van der Waals surface area contributed by atoms with Gasteiger partial charge in [-0.25, -0.2) is 18.6 Å². The second kappa shape index (κ2) is 9.53. The molecule has 0 amide bonds. The van der Waals surface area contributed by atoms with Gasteiger partial charge in [-0.3, -0.25) is 0 Å². The molecule has 4 rings (SSSR count). The molecule has 1 saturated heterocycles. The van der Waals surface area contributed by atoms with E-state index in [4.69, 9.17) is 14.2 Å². The molecule has 1 aromatic heterocycles. The molecule has 0 unspecified atom stereocenters. The number of fused-ring (bicyclic) bond motifs is 1. The van der Waals surface area contributed by atoms with Gasteiger partial charge in [-0.2, -0.15) is 0 Å². The molecule has 1 fully saturated rings. The molecule has 0 N–H and O–H groups in total. The summed E-state index contributed by atoms with van der Waals surface area (Å²) in [6, 6.07) is 5.38. The predicted octanol–water partition coefficient (Wildman–Crippen LogP) is 4.41. The largest absolute Gasteiger partial charge is 0.494 e. The number of aryl methyl sites for hydroxylation is 1. The SMILES string of the molecule is C1COC1.COC(=O)c1cc(OC)c2nc(Cc3cc(F)c(Br)cc3F)n(C)c2c1. The Morgan fingerprint density at radius 1 is 1.20 bits per heavy atom. The summed E-state index contributed by atoms with van der Waals surface area (Å²) in [5.74, 6) is -0.694. The second-order valence-corrected chi connectivity index (χ2v) is 7.48. The van der Waals surface area contributed by atoms with Crippen molar-refractivity contribution in [3.05, 3.63) is 57.3 Å². The Labute approximate surface area is 180 Å². The Bertz CT molecular complexity index is 1080. The highest BCUT2D eigenvalue weighted by molar-refractivity contribution is 9.10. The Morgan fingerprint density at radius 2 is 1.87 bits per heavy atom. The number of hydrogen-bond acceptors (Lipinski definition) is 5. The molecule has 3 aromatic rings. The third kappa shape index (κ3) is 4.62. The summed E-state index contributed by atoms with van der Waals surface area (Å²) in [7, 11) is 4.49. The highest BCUT2D eigenvalue weighted by atomic mass is 79.9. The lowest BCUT2D eigenvalue weighted by Gasteiger charge is -2.09. The summed E-state index contributed by atoms with van der Waals surface area (Å²) >= 11 is 2.96. The van der Waals surface area contributed by atoms with Gasteiger partial charge < -0.3 is 18.8 Å². The molecular weight excluding hydrogens is 462 g/mol. The molecule has 0 radical (unpaired) electrons. The van der Waals surface area contributed by atoms with E-state index in [1.54, 1.807) is 17.7 Å². The van der Waals surface area contributed by atoms with E-state index < -0.39 is 17.6 Å². The second-order valence-electron chi connectivity index (χ2n) is 6.63. The van der Waals surface area contributed by atoms with Crippen LogP contribution in [0, 0.1) is 11.6 Å². The quantitative estimate of drug-likeness (QED) is 0.407. The van der Waals surface area contributed by atoms with E-state index in [0.29, 0.717) is 28.2 Å². The maximum absolute atomic E-state index is 14.1. The fraction of sp³-hybridized carbons (Fsp3) is 0.333. The number of hydrogen-bond donors (Lipinski definition) is 0. The first kappa shape index (κ1) is 22.2. The van der Waals surface area contributed by atoms with Crippen LogP contribution in [0.25, 0.3) is 11.0 Å². The topological polar surface area (TPSA) is 62.6 Å². The van der Waals surface area contributed by atoms with Crippen LogP contribution in [-0.2, 0) is 22.9 Å². The van der Waals surface area contributed by atoms with Crippen LogP contribution >= 0.6 is 15.9 Å². The third-order valence-electron chi connectivity index (χ3n) is 4.70. The summed E-state index contributed by atoms with van der Waals surface area (Å²) in [5, 5.41) is 0. The minimum atomic E-state index is -0.550. The van der Waals surface area contributed by atoms with Crippen molar-refractivity contribution in [2.75, 3.05) is 27.4 Å². The van der Waals surface area contributed by atoms with Crippen LogP contribution in [0.15, 0.2) is 28.7 Å². The van der Waals surface area contributed by atoms with E-state index in [0.717, 1.165) is 25.3 Å². The molecule has 1 aliphatic heterocycles. The zero-order valence-corrected chi connectivity index (χ0v) is 18.4. The van der Waals surface area contributed by atoms with Gasteiger partial charge in [-0.1, -0.05) is 0 Å². The van der Waals surface area contributed by atoms with Crippen LogP contribution in [0.4, 0.5) is 8.78 Å². The van der Waals surface area contributed by atoms with Crippen LogP contribution in [0.3, 0.4) is 0 Å². The highest BCUT2D eigenvalue weighted by Crippen LogP contribution is 2.29. The molecule has 0 spiro atoms. The van der Waals surface area contributed by atoms with Crippen molar-refractivity contribution in [1.82, 2.24) is 9.55 Å². The molecule has 2 heterocycles. The van der Waals surface area contributed by atoms with Gasteiger partial charge in [0.2, 0.25) is 0 Å². The van der Waals surface area contributed by atoms with Gasteiger partial charge in [0.25, 0.3) is 0 Å². The van der Waals surface area contributed by atoms with Gasteiger partial charge in [0.15, 0.2) is 0 Å². The van der Waals surface area contributed by atoms with E-state index >= 15 is 0 Å². The third-order valence-corrected chi connectivity index (χ3v) is 5.31. The van der Waals surface area contributed by atoms with Gasteiger partial charge in [0, 0.05) is 26.7 Å². The van der Waals surface area contributed by atoms with Gasteiger partial charge >= 0.3 is 5.97 Å². The van der Waals surface area contributed by atoms with Crippen molar-refractivity contribution < 1.29 is 27.8 Å². The maximum Gasteiger partial charge on any atom is 0.338 e. The number of rotatable bonds is 4. The van der Waals surface area contributed by atoms with Gasteiger partial charge in [0.05, 0.1) is 29.8 Å². The molecule has 6 nitrogen and oxygen atoms in total. The van der Waals surface area contributed by atoms with Crippen molar-refractivity contribution in [2.45, 2.75) is 12.8 Å². The molecule has 0 aliphatic carbocycles. The lowest BCUT2D eigenvalue weighted by atomic mass is 10.1. The standard InChI is InChI=1S/C18H15BrF2N2O3.C3H6O/c1-23-14-5-10(18(24)26-3)6-15(25-2)17(14)22-16(23)7-9-4-13(21)11(19)8-12(9)20;1-2-4-3-1/h4-6,8H,7H2,1-3H3;1-3H2. The fourth-order valence-corrected chi connectivity index (χ4v) is 3.18. The number of benzene rings is 2. The summed E-state index contributed by atoms with van der Waals surface area (Å²) in [6.07, 6.45) is 1.36. The fourth-order valence-electron chi connectivity index (χ4n) is 2.87. The number of methoxy groups -OCH3 is 2. The summed E-state index contributed by atoms with van der Waals surface area (Å²) in [6.45, 7) is 2.00. The van der Waals surface area contributed by atoms with Gasteiger partial charge in [-0.15, -0.1) is 0 Å². The van der Waals surface area contributed by atoms with Crippen molar-refractivity contribution in [1.29, 1.82) is 0 Å². The highest BCUT2D eigenvalue weighted by Gasteiger charge is 2.18. The molecule has 2 aromatic carbocycles. The molecule has 160 valence electrons. The maximum atomic E-state index is 14.1. The van der Waals surface area contributed by atoms with Crippen LogP contribution in [0.2, 0.25) is 0 Å². The van der Waals surface area contributed by atoms with E-state index in [1.165, 1.54) is 26.7 Å². The summed E-state index contributed by atoms with van der Waals surface area (Å²) in [4.78, 5) is 16.3. The number of ether oxygens (including phenoxy) is 3. The molecule has 0 saturated carbocycles. The monoisotopic (exact) mass is 482 g/mol. The van der Waals surface area contributed by atoms with E-state index in [2.05, 4.69) is 20.9 Å². The number of carbonyl (C=O) groups is 1. The number of nitrogens with zero attached hydrogens (tertiary/aromatic N) is 2. The zero-order chi connectivity index (χ0) is 21.8. The van der Waals surface area contributed by atoms with Crippen LogP contribution < -0.4 is 4.74 Å². The van der Waals surface area contributed by atoms with Crippen molar-refractivity contribution in [2.24, 2.45) is 7.05 Å². The molecular formula is C21H21BrF2N2O4. The van der Waals surface area contributed by atoms with Gasteiger partial charge in [-0.05, 0) is 52.2 Å². The minimum Gasteiger partial charge on any atom is -0.494 e. The zero-order valence-electron chi connectivity index (χ0n) is 16.8. The normalized spacial score (nSPS) is 12.7. The Hall–Kier alpha value is -2.52. The first-order chi connectivity index (χ1) is 14.3. The lowest BCUT2D eigenvalue weighted by molar-refractivity contribution is 0.0367. The van der Waals surface area contributed by atoms with E-state index in [9.17, 15) is 13.6 Å². The Balaban J connectivity index is 0.000000572. The van der Waals surface area contributed by atoms with Crippen molar-refractivity contribution in [3.8, 4) is 5.75 Å². The molecule has 0 bridgehead atoms. The van der Waals surface area contributed by atoms with Crippen LogP contribution in [0.1, 0.15) is 28.2 Å². The Morgan fingerprint density at radius 3 is 2.43 bits per heavy atom. The number of aromatic nitrogens is 2. The Kier molecular flexibility index (Phi) is 7.04. The number of esters is 1. The molecule has 1 aliphatic rings. The van der Waals surface area contributed by atoms with E-state index in [1.807, 2.05) is 0 Å². The number of halogens is 3.